The molecule has 0 bridgehead atoms. The molecule has 0 saturated heterocycles. The standard InChI is InChI=1S/C21H21BP/c1-17(2)23(22,19-13-7-4-8-14-19)21-16-10-9-15-20(21)18-11-5-3-6-12-18/h3-17H,1-2H3. The molecular formula is C21H21BP. The van der Waals surface area contributed by atoms with Gasteiger partial charge in [0.1, 0.15) is 0 Å². The van der Waals surface area contributed by atoms with E-state index in [1.807, 2.05) is 0 Å². The largest absolute Gasteiger partial charge is 0.291 e. The summed E-state index contributed by atoms with van der Waals surface area (Å²) >= 11 is 0. The lowest BCUT2D eigenvalue weighted by Gasteiger charge is -2.42. The zero-order valence-electron chi connectivity index (χ0n) is 13.7. The maximum absolute atomic E-state index is 7.13. The number of benzene rings is 3. The van der Waals surface area contributed by atoms with Crippen molar-refractivity contribution in [2.75, 3.05) is 0 Å². The van der Waals surface area contributed by atoms with Gasteiger partial charge in [0.2, 0.25) is 0 Å². The van der Waals surface area contributed by atoms with Crippen molar-refractivity contribution in [2.45, 2.75) is 19.5 Å². The minimum absolute atomic E-state index is 0.384. The lowest BCUT2D eigenvalue weighted by Crippen LogP contribution is -2.30. The van der Waals surface area contributed by atoms with Crippen LogP contribution in [0, 0.1) is 0 Å². The minimum atomic E-state index is -1.95. The fourth-order valence-corrected chi connectivity index (χ4v) is 6.08. The molecule has 0 aromatic heterocycles. The molecule has 1 atom stereocenters. The van der Waals surface area contributed by atoms with Crippen LogP contribution in [-0.2, 0) is 0 Å². The normalized spacial score (nSPS) is 13.7. The Morgan fingerprint density at radius 1 is 0.696 bits per heavy atom. The van der Waals surface area contributed by atoms with Crippen molar-refractivity contribution < 1.29 is 0 Å². The molecule has 0 spiro atoms. The first-order valence-corrected chi connectivity index (χ1v) is 9.94. The topological polar surface area (TPSA) is 0 Å². The molecule has 0 heterocycles. The van der Waals surface area contributed by atoms with Gasteiger partial charge in [-0.05, 0) is 37.6 Å². The van der Waals surface area contributed by atoms with Crippen LogP contribution in [0.5, 0.6) is 0 Å². The molecule has 1 unspecified atom stereocenters. The van der Waals surface area contributed by atoms with Gasteiger partial charge in [0.05, 0.1) is 5.30 Å². The van der Waals surface area contributed by atoms with E-state index in [0.29, 0.717) is 5.66 Å². The van der Waals surface area contributed by atoms with E-state index in [2.05, 4.69) is 98.8 Å². The summed E-state index contributed by atoms with van der Waals surface area (Å²) in [6.45, 7) is 4.48. The van der Waals surface area contributed by atoms with Gasteiger partial charge in [-0.1, -0.05) is 66.7 Å². The third kappa shape index (κ3) is 2.99. The van der Waals surface area contributed by atoms with Crippen LogP contribution < -0.4 is 10.6 Å². The quantitative estimate of drug-likeness (QED) is 0.478. The first-order valence-electron chi connectivity index (χ1n) is 8.02. The summed E-state index contributed by atoms with van der Waals surface area (Å²) in [4.78, 5) is 0. The molecule has 23 heavy (non-hydrogen) atoms. The molecule has 3 rings (SSSR count). The van der Waals surface area contributed by atoms with Crippen LogP contribution in [0.1, 0.15) is 13.8 Å². The van der Waals surface area contributed by atoms with Crippen molar-refractivity contribution in [3.8, 4) is 11.1 Å². The maximum atomic E-state index is 7.13. The molecule has 3 aromatic rings. The van der Waals surface area contributed by atoms with Gasteiger partial charge < -0.3 is 0 Å². The van der Waals surface area contributed by atoms with E-state index in [4.69, 9.17) is 7.57 Å². The summed E-state index contributed by atoms with van der Waals surface area (Å²) < 4.78 is 0. The summed E-state index contributed by atoms with van der Waals surface area (Å²) in [5.41, 5.74) is 2.87. The highest BCUT2D eigenvalue weighted by molar-refractivity contribution is 8.09. The van der Waals surface area contributed by atoms with E-state index >= 15 is 0 Å². The average Bonchev–Trinajstić information content (AvgIpc) is 2.62. The Morgan fingerprint density at radius 2 is 1.22 bits per heavy atom. The van der Waals surface area contributed by atoms with E-state index < -0.39 is 7.14 Å². The molecule has 0 aliphatic carbocycles. The highest BCUT2D eigenvalue weighted by Crippen LogP contribution is 2.57. The van der Waals surface area contributed by atoms with Crippen LogP contribution in [0.3, 0.4) is 0 Å². The molecule has 3 radical (unpaired) electrons. The van der Waals surface area contributed by atoms with Crippen molar-refractivity contribution >= 4 is 25.3 Å². The van der Waals surface area contributed by atoms with Crippen molar-refractivity contribution in [3.05, 3.63) is 84.9 Å². The van der Waals surface area contributed by atoms with Gasteiger partial charge in [-0.15, -0.1) is 0 Å². The lowest BCUT2D eigenvalue weighted by atomic mass is 10.1. The Hall–Kier alpha value is -1.85. The maximum Gasteiger partial charge on any atom is 0.0547 e. The van der Waals surface area contributed by atoms with E-state index in [0.717, 1.165) is 0 Å². The summed E-state index contributed by atoms with van der Waals surface area (Å²) in [5, 5.41) is 2.55. The first-order chi connectivity index (χ1) is 11.1. The van der Waals surface area contributed by atoms with Gasteiger partial charge in [0.15, 0.2) is 0 Å². The highest BCUT2D eigenvalue weighted by atomic mass is 31.2. The Kier molecular flexibility index (Phi) is 4.69. The second-order valence-corrected chi connectivity index (χ2v) is 9.68. The predicted molar refractivity (Wildman–Crippen MR) is 105 cm³/mol. The SMILES string of the molecule is [B-][P+](c1ccccc1)(c1ccccc1-c1ccccc1)C(C)C. The molecule has 0 aliphatic heterocycles. The molecule has 2 heteroatoms. The zero-order valence-corrected chi connectivity index (χ0v) is 14.6. The predicted octanol–water partition coefficient (Wildman–Crippen LogP) is 4.81. The van der Waals surface area contributed by atoms with E-state index in [-0.39, 0.29) is 0 Å². The number of hydrogen-bond acceptors (Lipinski definition) is 0. The molecule has 0 amide bonds. The fourth-order valence-electron chi connectivity index (χ4n) is 3.05. The molecule has 0 saturated carbocycles. The van der Waals surface area contributed by atoms with E-state index in [9.17, 15) is 0 Å². The Balaban J connectivity index is 2.24. The summed E-state index contributed by atoms with van der Waals surface area (Å²) in [6.07, 6.45) is 0. The molecule has 113 valence electrons. The summed E-state index contributed by atoms with van der Waals surface area (Å²) in [6, 6.07) is 29.7. The second kappa shape index (κ2) is 6.73. The van der Waals surface area contributed by atoms with E-state index in [1.165, 1.54) is 21.7 Å². The van der Waals surface area contributed by atoms with Crippen LogP contribution in [0.25, 0.3) is 11.1 Å². The molecule has 0 nitrogen and oxygen atoms in total. The van der Waals surface area contributed by atoms with E-state index in [1.54, 1.807) is 0 Å². The molecule has 3 aromatic carbocycles. The van der Waals surface area contributed by atoms with Crippen LogP contribution in [0.15, 0.2) is 84.9 Å². The molecular weight excluding hydrogens is 294 g/mol. The molecule has 0 N–H and O–H groups in total. The zero-order chi connectivity index (χ0) is 16.3. The molecule has 0 aliphatic rings. The van der Waals surface area contributed by atoms with Gasteiger partial charge in [-0.2, -0.15) is 7.14 Å². The van der Waals surface area contributed by atoms with Crippen molar-refractivity contribution in [1.82, 2.24) is 0 Å². The Labute approximate surface area is 141 Å². The van der Waals surface area contributed by atoms with Gasteiger partial charge >= 0.3 is 0 Å². The van der Waals surface area contributed by atoms with Gasteiger partial charge in [0, 0.05) is 16.5 Å². The highest BCUT2D eigenvalue weighted by Gasteiger charge is 2.30. The van der Waals surface area contributed by atoms with Gasteiger partial charge in [-0.25, -0.2) is 0 Å². The average molecular weight is 315 g/mol. The minimum Gasteiger partial charge on any atom is -0.291 e. The third-order valence-electron chi connectivity index (χ3n) is 4.39. The van der Waals surface area contributed by atoms with Crippen molar-refractivity contribution in [3.63, 3.8) is 0 Å². The Bertz CT molecular complexity index is 768. The summed E-state index contributed by atoms with van der Waals surface area (Å²) in [5.74, 6) is 0. The van der Waals surface area contributed by atoms with Crippen LogP contribution in [0.2, 0.25) is 0 Å². The smallest absolute Gasteiger partial charge is 0.0547 e. The van der Waals surface area contributed by atoms with Gasteiger partial charge in [-0.3, -0.25) is 7.57 Å². The second-order valence-electron chi connectivity index (χ2n) is 6.09. The first kappa shape index (κ1) is 16.0. The number of rotatable bonds is 4. The Morgan fingerprint density at radius 3 is 1.83 bits per heavy atom. The van der Waals surface area contributed by atoms with Crippen LogP contribution in [0.4, 0.5) is 0 Å². The van der Waals surface area contributed by atoms with Crippen molar-refractivity contribution in [1.29, 1.82) is 0 Å². The monoisotopic (exact) mass is 315 g/mol. The number of hydrogen-bond donors (Lipinski definition) is 0. The fraction of sp³-hybridized carbons (Fsp3) is 0.143. The summed E-state index contributed by atoms with van der Waals surface area (Å²) in [7, 11) is 5.18. The van der Waals surface area contributed by atoms with Gasteiger partial charge in [0.25, 0.3) is 0 Å². The van der Waals surface area contributed by atoms with Crippen LogP contribution in [-0.4, -0.2) is 13.2 Å². The lowest BCUT2D eigenvalue weighted by molar-refractivity contribution is 1.10. The van der Waals surface area contributed by atoms with Crippen LogP contribution >= 0.6 is 7.14 Å². The van der Waals surface area contributed by atoms with Crippen molar-refractivity contribution in [2.24, 2.45) is 0 Å². The molecule has 0 fully saturated rings. The third-order valence-corrected chi connectivity index (χ3v) is 8.35.